The Labute approximate surface area is 172 Å². The summed E-state index contributed by atoms with van der Waals surface area (Å²) in [4.78, 5) is 24.1. The third-order valence-corrected chi connectivity index (χ3v) is 4.84. The number of hydrogen-bond acceptors (Lipinski definition) is 6. The molecule has 1 amide bonds. The predicted octanol–water partition coefficient (Wildman–Crippen LogP) is 2.66. The summed E-state index contributed by atoms with van der Waals surface area (Å²) in [5.74, 6) is 1.65. The van der Waals surface area contributed by atoms with E-state index in [-0.39, 0.29) is 5.91 Å². The molecular weight excluding hydrogens is 366 g/mol. The van der Waals surface area contributed by atoms with E-state index >= 15 is 0 Å². The lowest BCUT2D eigenvalue weighted by molar-refractivity contribution is 0.0383. The van der Waals surface area contributed by atoms with Crippen LogP contribution in [0.2, 0.25) is 0 Å². The van der Waals surface area contributed by atoms with Crippen LogP contribution in [0, 0.1) is 5.92 Å². The molecule has 0 unspecified atom stereocenters. The predicted molar refractivity (Wildman–Crippen MR) is 115 cm³/mol. The minimum absolute atomic E-state index is 0.176. The monoisotopic (exact) mass is 397 g/mol. The number of morpholine rings is 1. The number of carbonyl (C=O) groups excluding carboxylic acids is 1. The normalized spacial score (nSPS) is 14.7. The molecule has 0 saturated carbocycles. The molecule has 7 nitrogen and oxygen atoms in total. The fraction of sp³-hybridized carbons (Fsp3) is 0.500. The van der Waals surface area contributed by atoms with Crippen molar-refractivity contribution in [3.8, 4) is 11.4 Å². The van der Waals surface area contributed by atoms with Crippen molar-refractivity contribution in [2.24, 2.45) is 5.92 Å². The number of nitrogens with one attached hydrogen (secondary N) is 2. The van der Waals surface area contributed by atoms with Gasteiger partial charge in [0.2, 0.25) is 0 Å². The number of amides is 1. The SMILES string of the molecule is CC(C)CCNc1cc(C(=O)NCCN2CCOCC2)nc(-c2ccccc2)n1. The lowest BCUT2D eigenvalue weighted by Crippen LogP contribution is -2.41. The second-order valence-electron chi connectivity index (χ2n) is 7.65. The maximum absolute atomic E-state index is 12.7. The van der Waals surface area contributed by atoms with Crippen molar-refractivity contribution in [1.29, 1.82) is 0 Å². The minimum Gasteiger partial charge on any atom is -0.379 e. The molecule has 7 heteroatoms. The zero-order chi connectivity index (χ0) is 20.5. The molecule has 0 spiro atoms. The second-order valence-corrected chi connectivity index (χ2v) is 7.65. The van der Waals surface area contributed by atoms with Crippen LogP contribution in [0.4, 0.5) is 5.82 Å². The lowest BCUT2D eigenvalue weighted by atomic mass is 10.1. The average Bonchev–Trinajstić information content (AvgIpc) is 2.74. The minimum atomic E-state index is -0.176. The first-order valence-electron chi connectivity index (χ1n) is 10.4. The lowest BCUT2D eigenvalue weighted by Gasteiger charge is -2.26. The molecule has 1 aliphatic heterocycles. The maximum atomic E-state index is 12.7. The maximum Gasteiger partial charge on any atom is 0.270 e. The standard InChI is InChI=1S/C22H31N5O2/c1-17(2)8-9-23-20-16-19(25-21(26-20)18-6-4-3-5-7-18)22(28)24-10-11-27-12-14-29-15-13-27/h3-7,16-17H,8-15H2,1-2H3,(H,24,28)(H,23,25,26). The van der Waals surface area contributed by atoms with Gasteiger partial charge in [0.25, 0.3) is 5.91 Å². The Bertz CT molecular complexity index is 776. The quantitative estimate of drug-likeness (QED) is 0.677. The summed E-state index contributed by atoms with van der Waals surface area (Å²) in [7, 11) is 0. The number of ether oxygens (including phenoxy) is 1. The number of hydrogen-bond donors (Lipinski definition) is 2. The first-order valence-corrected chi connectivity index (χ1v) is 10.4. The highest BCUT2D eigenvalue weighted by Gasteiger charge is 2.14. The smallest absolute Gasteiger partial charge is 0.270 e. The van der Waals surface area contributed by atoms with Crippen molar-refractivity contribution < 1.29 is 9.53 Å². The van der Waals surface area contributed by atoms with Crippen LogP contribution in [0.25, 0.3) is 11.4 Å². The van der Waals surface area contributed by atoms with E-state index < -0.39 is 0 Å². The third kappa shape index (κ3) is 6.80. The van der Waals surface area contributed by atoms with Crippen LogP contribution >= 0.6 is 0 Å². The van der Waals surface area contributed by atoms with Crippen LogP contribution in [0.1, 0.15) is 30.8 Å². The number of nitrogens with zero attached hydrogens (tertiary/aromatic N) is 3. The van der Waals surface area contributed by atoms with Gasteiger partial charge in [-0.1, -0.05) is 44.2 Å². The number of rotatable bonds is 9. The highest BCUT2D eigenvalue weighted by Crippen LogP contribution is 2.18. The Morgan fingerprint density at radius 1 is 1.14 bits per heavy atom. The van der Waals surface area contributed by atoms with E-state index in [1.807, 2.05) is 30.3 Å². The Kier molecular flexibility index (Phi) is 7.95. The van der Waals surface area contributed by atoms with E-state index in [4.69, 9.17) is 4.74 Å². The van der Waals surface area contributed by atoms with Gasteiger partial charge >= 0.3 is 0 Å². The van der Waals surface area contributed by atoms with E-state index in [1.54, 1.807) is 6.07 Å². The molecule has 1 aromatic carbocycles. The zero-order valence-electron chi connectivity index (χ0n) is 17.4. The Balaban J connectivity index is 1.68. The highest BCUT2D eigenvalue weighted by molar-refractivity contribution is 5.93. The average molecular weight is 398 g/mol. The molecular formula is C22H31N5O2. The highest BCUT2D eigenvalue weighted by atomic mass is 16.5. The first kappa shape index (κ1) is 21.2. The summed E-state index contributed by atoms with van der Waals surface area (Å²) in [6, 6.07) is 11.5. The number of anilines is 1. The van der Waals surface area contributed by atoms with E-state index in [2.05, 4.69) is 39.3 Å². The fourth-order valence-corrected chi connectivity index (χ4v) is 3.10. The Hall–Kier alpha value is -2.51. The molecule has 29 heavy (non-hydrogen) atoms. The van der Waals surface area contributed by atoms with Crippen molar-refractivity contribution in [1.82, 2.24) is 20.2 Å². The molecule has 1 aliphatic rings. The van der Waals surface area contributed by atoms with Crippen molar-refractivity contribution >= 4 is 11.7 Å². The Morgan fingerprint density at radius 2 is 1.90 bits per heavy atom. The molecule has 1 saturated heterocycles. The molecule has 0 atom stereocenters. The summed E-state index contributed by atoms with van der Waals surface area (Å²) in [6.45, 7) is 9.90. The molecule has 2 aromatic rings. The van der Waals surface area contributed by atoms with Gasteiger partial charge in [0.05, 0.1) is 13.2 Å². The van der Waals surface area contributed by atoms with Crippen LogP contribution in [0.15, 0.2) is 36.4 Å². The van der Waals surface area contributed by atoms with Gasteiger partial charge in [0, 0.05) is 44.4 Å². The van der Waals surface area contributed by atoms with Crippen LogP contribution in [0.3, 0.4) is 0 Å². The van der Waals surface area contributed by atoms with Gasteiger partial charge in [-0.2, -0.15) is 0 Å². The molecule has 1 fully saturated rings. The number of benzene rings is 1. The molecule has 0 aliphatic carbocycles. The zero-order valence-corrected chi connectivity index (χ0v) is 17.4. The third-order valence-electron chi connectivity index (χ3n) is 4.84. The molecule has 0 radical (unpaired) electrons. The van der Waals surface area contributed by atoms with Gasteiger partial charge in [-0.05, 0) is 12.3 Å². The van der Waals surface area contributed by atoms with Crippen LogP contribution in [-0.2, 0) is 4.74 Å². The van der Waals surface area contributed by atoms with Gasteiger partial charge in [-0.15, -0.1) is 0 Å². The van der Waals surface area contributed by atoms with Crippen molar-refractivity contribution in [2.45, 2.75) is 20.3 Å². The van der Waals surface area contributed by atoms with E-state index in [0.717, 1.165) is 51.4 Å². The van der Waals surface area contributed by atoms with Gasteiger partial charge in [-0.25, -0.2) is 9.97 Å². The Morgan fingerprint density at radius 3 is 2.62 bits per heavy atom. The molecule has 3 rings (SSSR count). The molecule has 0 bridgehead atoms. The molecule has 1 aromatic heterocycles. The van der Waals surface area contributed by atoms with Gasteiger partial charge in [0.1, 0.15) is 11.5 Å². The number of carbonyl (C=O) groups is 1. The van der Waals surface area contributed by atoms with Crippen molar-refractivity contribution in [2.75, 3.05) is 51.3 Å². The molecule has 2 heterocycles. The summed E-state index contributed by atoms with van der Waals surface area (Å²) in [5.41, 5.74) is 1.27. The van der Waals surface area contributed by atoms with Crippen molar-refractivity contribution in [3.05, 3.63) is 42.1 Å². The number of aromatic nitrogens is 2. The van der Waals surface area contributed by atoms with E-state index in [9.17, 15) is 4.79 Å². The summed E-state index contributed by atoms with van der Waals surface area (Å²) in [6.07, 6.45) is 1.03. The van der Waals surface area contributed by atoms with E-state index in [1.165, 1.54) is 0 Å². The topological polar surface area (TPSA) is 79.4 Å². The van der Waals surface area contributed by atoms with Crippen LogP contribution < -0.4 is 10.6 Å². The summed E-state index contributed by atoms with van der Waals surface area (Å²) < 4.78 is 5.36. The van der Waals surface area contributed by atoms with Gasteiger partial charge in [0.15, 0.2) is 5.82 Å². The fourth-order valence-electron chi connectivity index (χ4n) is 3.10. The molecule has 2 N–H and O–H groups in total. The molecule has 156 valence electrons. The van der Waals surface area contributed by atoms with Gasteiger partial charge < -0.3 is 15.4 Å². The first-order chi connectivity index (χ1) is 14.1. The largest absolute Gasteiger partial charge is 0.379 e. The summed E-state index contributed by atoms with van der Waals surface area (Å²) in [5, 5.41) is 6.32. The van der Waals surface area contributed by atoms with Crippen LogP contribution in [-0.4, -0.2) is 66.7 Å². The summed E-state index contributed by atoms with van der Waals surface area (Å²) >= 11 is 0. The second kappa shape index (κ2) is 10.9. The van der Waals surface area contributed by atoms with Gasteiger partial charge in [-0.3, -0.25) is 9.69 Å². The van der Waals surface area contributed by atoms with E-state index in [0.29, 0.717) is 29.8 Å². The van der Waals surface area contributed by atoms with Crippen molar-refractivity contribution in [3.63, 3.8) is 0 Å². The van der Waals surface area contributed by atoms with Crippen LogP contribution in [0.5, 0.6) is 0 Å².